The van der Waals surface area contributed by atoms with Crippen molar-refractivity contribution in [1.29, 1.82) is 0 Å². The molecule has 7 heteroatoms. The molecule has 5 rings (SSSR count). The van der Waals surface area contributed by atoms with E-state index in [1.54, 1.807) is 0 Å². The van der Waals surface area contributed by atoms with Gasteiger partial charge in [-0.1, -0.05) is 48.0 Å². The molecule has 162 valence electrons. The van der Waals surface area contributed by atoms with Crippen LogP contribution in [0.3, 0.4) is 0 Å². The summed E-state index contributed by atoms with van der Waals surface area (Å²) in [5.74, 6) is 0.910. The molecule has 2 atom stereocenters. The minimum Gasteiger partial charge on any atom is -0.376 e. The van der Waals surface area contributed by atoms with Gasteiger partial charge in [-0.15, -0.1) is 5.10 Å². The van der Waals surface area contributed by atoms with Crippen LogP contribution >= 0.6 is 0 Å². The van der Waals surface area contributed by atoms with E-state index >= 15 is 0 Å². The molecule has 0 bridgehead atoms. The van der Waals surface area contributed by atoms with Gasteiger partial charge in [0.2, 0.25) is 0 Å². The van der Waals surface area contributed by atoms with E-state index < -0.39 is 0 Å². The summed E-state index contributed by atoms with van der Waals surface area (Å²) < 4.78 is 7.82. The Balaban J connectivity index is 1.40. The number of nitrogens with zero attached hydrogens (tertiary/aromatic N) is 6. The minimum atomic E-state index is 0.0370. The van der Waals surface area contributed by atoms with Gasteiger partial charge in [0.15, 0.2) is 5.82 Å². The molecule has 31 heavy (non-hydrogen) atoms. The average molecular weight is 419 g/mol. The zero-order chi connectivity index (χ0) is 21.0. The van der Waals surface area contributed by atoms with Crippen LogP contribution in [0.4, 0.5) is 5.69 Å². The molecule has 2 aliphatic heterocycles. The van der Waals surface area contributed by atoms with Crippen LogP contribution in [-0.4, -0.2) is 64.0 Å². The van der Waals surface area contributed by atoms with E-state index in [0.29, 0.717) is 6.54 Å². The second-order valence-electron chi connectivity index (χ2n) is 8.53. The first-order valence-corrected chi connectivity index (χ1v) is 11.3. The fraction of sp³-hybridized carbons (Fsp3) is 0.458. The molecule has 7 nitrogen and oxygen atoms in total. The lowest BCUT2D eigenvalue weighted by Crippen LogP contribution is -2.48. The average Bonchev–Trinajstić information content (AvgIpc) is 3.49. The lowest BCUT2D eigenvalue weighted by molar-refractivity contribution is 0.0906. The molecule has 2 aromatic carbocycles. The molecule has 0 aliphatic carbocycles. The third-order valence-corrected chi connectivity index (χ3v) is 6.40. The van der Waals surface area contributed by atoms with Gasteiger partial charge in [-0.05, 0) is 47.9 Å². The number of anilines is 1. The molecule has 2 saturated heterocycles. The molecule has 0 spiro atoms. The van der Waals surface area contributed by atoms with Crippen LogP contribution in [0.2, 0.25) is 0 Å². The smallest absolute Gasteiger partial charge is 0.173 e. The SMILES string of the molecule is Cc1ccc(C(c2nnnn2CC2CCCO2)N2CCN(c3ccccc3)CC2)cc1. The first kappa shape index (κ1) is 20.2. The zero-order valence-corrected chi connectivity index (χ0v) is 18.1. The Morgan fingerprint density at radius 3 is 2.48 bits per heavy atom. The van der Waals surface area contributed by atoms with Gasteiger partial charge in [0, 0.05) is 38.5 Å². The summed E-state index contributed by atoms with van der Waals surface area (Å²) in [5, 5.41) is 12.9. The highest BCUT2D eigenvalue weighted by molar-refractivity contribution is 5.46. The van der Waals surface area contributed by atoms with E-state index in [0.717, 1.165) is 51.5 Å². The molecule has 0 amide bonds. The van der Waals surface area contributed by atoms with Crippen molar-refractivity contribution in [3.63, 3.8) is 0 Å². The normalized spacial score (nSPS) is 20.8. The summed E-state index contributed by atoms with van der Waals surface area (Å²) in [7, 11) is 0. The maximum absolute atomic E-state index is 5.85. The number of ether oxygens (including phenoxy) is 1. The van der Waals surface area contributed by atoms with Crippen molar-refractivity contribution in [2.24, 2.45) is 0 Å². The van der Waals surface area contributed by atoms with Crippen LogP contribution < -0.4 is 4.90 Å². The molecular weight excluding hydrogens is 388 g/mol. The number of piperazine rings is 1. The summed E-state index contributed by atoms with van der Waals surface area (Å²) in [6.07, 6.45) is 2.39. The highest BCUT2D eigenvalue weighted by Gasteiger charge is 2.31. The number of tetrazole rings is 1. The Bertz CT molecular complexity index is 959. The lowest BCUT2D eigenvalue weighted by Gasteiger charge is -2.40. The van der Waals surface area contributed by atoms with Gasteiger partial charge >= 0.3 is 0 Å². The molecule has 2 fully saturated rings. The number of benzene rings is 2. The zero-order valence-electron chi connectivity index (χ0n) is 18.1. The summed E-state index contributed by atoms with van der Waals surface area (Å²) in [4.78, 5) is 4.97. The summed E-state index contributed by atoms with van der Waals surface area (Å²) >= 11 is 0. The van der Waals surface area contributed by atoms with Crippen LogP contribution in [0.5, 0.6) is 0 Å². The van der Waals surface area contributed by atoms with Crippen molar-refractivity contribution in [1.82, 2.24) is 25.1 Å². The van der Waals surface area contributed by atoms with Gasteiger partial charge in [0.25, 0.3) is 0 Å². The number of aromatic nitrogens is 4. The third kappa shape index (κ3) is 4.48. The van der Waals surface area contributed by atoms with Crippen molar-refractivity contribution in [3.05, 3.63) is 71.5 Å². The van der Waals surface area contributed by atoms with Crippen LogP contribution in [0.15, 0.2) is 54.6 Å². The first-order valence-electron chi connectivity index (χ1n) is 11.3. The highest BCUT2D eigenvalue weighted by Crippen LogP contribution is 2.30. The van der Waals surface area contributed by atoms with E-state index in [2.05, 4.69) is 86.8 Å². The van der Waals surface area contributed by atoms with Crippen LogP contribution in [0.1, 0.15) is 35.8 Å². The molecule has 3 heterocycles. The van der Waals surface area contributed by atoms with Gasteiger partial charge < -0.3 is 9.64 Å². The van der Waals surface area contributed by atoms with Gasteiger partial charge in [0.05, 0.1) is 18.7 Å². The van der Waals surface area contributed by atoms with E-state index in [-0.39, 0.29) is 12.1 Å². The van der Waals surface area contributed by atoms with Crippen molar-refractivity contribution < 1.29 is 4.74 Å². The number of rotatable bonds is 6. The second kappa shape index (κ2) is 9.16. The molecule has 2 aliphatic rings. The summed E-state index contributed by atoms with van der Waals surface area (Å²) in [6.45, 7) is 7.57. The molecule has 0 saturated carbocycles. The van der Waals surface area contributed by atoms with Gasteiger partial charge in [-0.3, -0.25) is 4.90 Å². The third-order valence-electron chi connectivity index (χ3n) is 6.40. The Kier molecular flexibility index (Phi) is 5.95. The number of hydrogen-bond acceptors (Lipinski definition) is 6. The maximum atomic E-state index is 5.85. The van der Waals surface area contributed by atoms with Crippen LogP contribution in [-0.2, 0) is 11.3 Å². The minimum absolute atomic E-state index is 0.0370. The quantitative estimate of drug-likeness (QED) is 0.613. The lowest BCUT2D eigenvalue weighted by atomic mass is 10.0. The summed E-state index contributed by atoms with van der Waals surface area (Å²) in [6, 6.07) is 19.5. The molecule has 2 unspecified atom stereocenters. The van der Waals surface area contributed by atoms with Gasteiger partial charge in [-0.2, -0.15) is 0 Å². The Hall–Kier alpha value is -2.77. The summed E-state index contributed by atoms with van der Waals surface area (Å²) in [5.41, 5.74) is 3.79. The van der Waals surface area contributed by atoms with E-state index in [9.17, 15) is 0 Å². The maximum Gasteiger partial charge on any atom is 0.173 e. The van der Waals surface area contributed by atoms with E-state index in [1.165, 1.54) is 16.8 Å². The number of hydrogen-bond donors (Lipinski definition) is 0. The molecule has 0 radical (unpaired) electrons. The Morgan fingerprint density at radius 1 is 1.00 bits per heavy atom. The molecule has 1 aromatic heterocycles. The molecule has 0 N–H and O–H groups in total. The largest absolute Gasteiger partial charge is 0.376 e. The van der Waals surface area contributed by atoms with Crippen molar-refractivity contribution in [3.8, 4) is 0 Å². The second-order valence-corrected chi connectivity index (χ2v) is 8.53. The van der Waals surface area contributed by atoms with Crippen LogP contribution in [0.25, 0.3) is 0 Å². The Labute approximate surface area is 183 Å². The topological polar surface area (TPSA) is 59.3 Å². The van der Waals surface area contributed by atoms with Gasteiger partial charge in [-0.25, -0.2) is 4.68 Å². The molecule has 3 aromatic rings. The predicted octanol–water partition coefficient (Wildman–Crippen LogP) is 3.07. The van der Waals surface area contributed by atoms with Gasteiger partial charge in [0.1, 0.15) is 0 Å². The van der Waals surface area contributed by atoms with E-state index in [1.807, 2.05) is 4.68 Å². The standard InChI is InChI=1S/C24H30N6O/c1-19-9-11-20(12-10-19)23(24-25-26-27-30(24)18-22-8-5-17-31-22)29-15-13-28(14-16-29)21-6-3-2-4-7-21/h2-4,6-7,9-12,22-23H,5,8,13-18H2,1H3. The highest BCUT2D eigenvalue weighted by atomic mass is 16.5. The van der Waals surface area contributed by atoms with Crippen molar-refractivity contribution in [2.75, 3.05) is 37.7 Å². The predicted molar refractivity (Wildman–Crippen MR) is 120 cm³/mol. The Morgan fingerprint density at radius 2 is 1.77 bits per heavy atom. The molecular formula is C24H30N6O. The van der Waals surface area contributed by atoms with Crippen molar-refractivity contribution >= 4 is 5.69 Å². The van der Waals surface area contributed by atoms with E-state index in [4.69, 9.17) is 4.74 Å². The fourth-order valence-corrected chi connectivity index (χ4v) is 4.67. The van der Waals surface area contributed by atoms with Crippen molar-refractivity contribution in [2.45, 2.75) is 38.5 Å². The monoisotopic (exact) mass is 418 g/mol. The number of aryl methyl sites for hydroxylation is 1. The first-order chi connectivity index (χ1) is 15.3. The fourth-order valence-electron chi connectivity index (χ4n) is 4.67. The number of para-hydroxylation sites is 1. The van der Waals surface area contributed by atoms with Crippen LogP contribution in [0, 0.1) is 6.92 Å².